The van der Waals surface area contributed by atoms with Crippen molar-refractivity contribution in [2.75, 3.05) is 32.7 Å². The molecule has 1 saturated heterocycles. The Morgan fingerprint density at radius 3 is 2.68 bits per heavy atom. The number of rotatable bonds is 6. The van der Waals surface area contributed by atoms with E-state index in [0.717, 1.165) is 32.5 Å². The molecule has 6 heteroatoms. The molecule has 0 aliphatic carbocycles. The molecule has 0 spiro atoms. The summed E-state index contributed by atoms with van der Waals surface area (Å²) >= 11 is 0. The summed E-state index contributed by atoms with van der Waals surface area (Å²) in [4.78, 5) is 25.2. The van der Waals surface area contributed by atoms with Crippen molar-refractivity contribution in [2.24, 2.45) is 5.92 Å². The average molecular weight is 313 g/mol. The Balaban J connectivity index is 2.26. The van der Waals surface area contributed by atoms with Crippen molar-refractivity contribution < 1.29 is 14.3 Å². The van der Waals surface area contributed by atoms with E-state index in [-0.39, 0.29) is 12.0 Å². The molecule has 0 aromatic rings. The second kappa shape index (κ2) is 8.98. The van der Waals surface area contributed by atoms with Gasteiger partial charge in [-0.25, -0.2) is 4.79 Å². The predicted octanol–water partition coefficient (Wildman–Crippen LogP) is 1.75. The van der Waals surface area contributed by atoms with Crippen LogP contribution in [0.4, 0.5) is 4.79 Å². The molecule has 0 radical (unpaired) electrons. The summed E-state index contributed by atoms with van der Waals surface area (Å²) < 4.78 is 5.42. The van der Waals surface area contributed by atoms with Gasteiger partial charge in [0.05, 0.1) is 0 Å². The van der Waals surface area contributed by atoms with Crippen LogP contribution >= 0.6 is 0 Å². The Hall–Kier alpha value is -1.30. The van der Waals surface area contributed by atoms with E-state index in [4.69, 9.17) is 4.74 Å². The van der Waals surface area contributed by atoms with Gasteiger partial charge >= 0.3 is 6.09 Å². The van der Waals surface area contributed by atoms with Crippen LogP contribution in [0.15, 0.2) is 0 Å². The van der Waals surface area contributed by atoms with Gasteiger partial charge in [0, 0.05) is 32.6 Å². The van der Waals surface area contributed by atoms with E-state index in [9.17, 15) is 9.59 Å². The van der Waals surface area contributed by atoms with Crippen molar-refractivity contribution in [1.29, 1.82) is 0 Å². The zero-order valence-corrected chi connectivity index (χ0v) is 14.4. The van der Waals surface area contributed by atoms with Crippen LogP contribution in [-0.2, 0) is 9.53 Å². The van der Waals surface area contributed by atoms with E-state index in [1.54, 1.807) is 4.90 Å². The minimum Gasteiger partial charge on any atom is -0.444 e. The maximum Gasteiger partial charge on any atom is 0.410 e. The predicted molar refractivity (Wildman–Crippen MR) is 86.7 cm³/mol. The molecule has 1 unspecified atom stereocenters. The first-order valence-corrected chi connectivity index (χ1v) is 8.27. The average Bonchev–Trinajstić information content (AvgIpc) is 2.42. The number of hydrogen-bond acceptors (Lipinski definition) is 4. The largest absolute Gasteiger partial charge is 0.444 e. The fourth-order valence-corrected chi connectivity index (χ4v) is 2.52. The van der Waals surface area contributed by atoms with E-state index in [2.05, 4.69) is 10.6 Å². The molecule has 1 heterocycles. The van der Waals surface area contributed by atoms with Gasteiger partial charge in [0.1, 0.15) is 5.60 Å². The van der Waals surface area contributed by atoms with Crippen molar-refractivity contribution >= 4 is 12.0 Å². The Morgan fingerprint density at radius 1 is 1.32 bits per heavy atom. The lowest BCUT2D eigenvalue weighted by Gasteiger charge is -2.34. The van der Waals surface area contributed by atoms with Crippen LogP contribution in [0, 0.1) is 5.92 Å². The van der Waals surface area contributed by atoms with Gasteiger partial charge in [-0.05, 0) is 53.0 Å². The fraction of sp³-hybridized carbons (Fsp3) is 0.875. The molecule has 22 heavy (non-hydrogen) atoms. The molecular weight excluding hydrogens is 282 g/mol. The Morgan fingerprint density at radius 2 is 2.05 bits per heavy atom. The topological polar surface area (TPSA) is 70.7 Å². The lowest BCUT2D eigenvalue weighted by molar-refractivity contribution is -0.120. The number of nitrogens with one attached hydrogen (secondary N) is 2. The van der Waals surface area contributed by atoms with Gasteiger partial charge in [-0.2, -0.15) is 0 Å². The second-order valence-corrected chi connectivity index (χ2v) is 6.84. The smallest absolute Gasteiger partial charge is 0.410 e. The number of nitrogens with zero attached hydrogens (tertiary/aromatic N) is 1. The molecular formula is C16H31N3O3. The molecule has 6 nitrogen and oxygen atoms in total. The maximum absolute atomic E-state index is 12.1. The molecule has 1 atom stereocenters. The summed E-state index contributed by atoms with van der Waals surface area (Å²) in [5.74, 6) is 0.504. The van der Waals surface area contributed by atoms with Gasteiger partial charge in [-0.1, -0.05) is 0 Å². The van der Waals surface area contributed by atoms with Crippen molar-refractivity contribution in [3.63, 3.8) is 0 Å². The van der Waals surface area contributed by atoms with Crippen LogP contribution in [0.3, 0.4) is 0 Å². The molecule has 2 N–H and O–H groups in total. The normalized spacial score (nSPS) is 18.9. The van der Waals surface area contributed by atoms with Crippen molar-refractivity contribution in [2.45, 2.75) is 52.6 Å². The molecule has 1 fully saturated rings. The van der Waals surface area contributed by atoms with Crippen LogP contribution in [0.1, 0.15) is 47.0 Å². The highest BCUT2D eigenvalue weighted by Crippen LogP contribution is 2.18. The second-order valence-electron chi connectivity index (χ2n) is 6.84. The van der Waals surface area contributed by atoms with Crippen molar-refractivity contribution in [3.05, 3.63) is 0 Å². The van der Waals surface area contributed by atoms with E-state index >= 15 is 0 Å². The zero-order chi connectivity index (χ0) is 16.6. The summed E-state index contributed by atoms with van der Waals surface area (Å²) in [6.45, 7) is 11.2. The Labute approximate surface area is 134 Å². The molecule has 1 aliphatic heterocycles. The van der Waals surface area contributed by atoms with Crippen LogP contribution in [0.25, 0.3) is 0 Å². The number of ether oxygens (including phenoxy) is 1. The third-order valence-corrected chi connectivity index (χ3v) is 3.51. The molecule has 0 aromatic heterocycles. The minimum atomic E-state index is -0.449. The number of carbonyl (C=O) groups excluding carboxylic acids is 2. The summed E-state index contributed by atoms with van der Waals surface area (Å²) in [6.07, 6.45) is 2.38. The summed E-state index contributed by atoms with van der Waals surface area (Å²) in [6, 6.07) is 0. The van der Waals surface area contributed by atoms with Crippen LogP contribution in [0.5, 0.6) is 0 Å². The highest BCUT2D eigenvalue weighted by atomic mass is 16.6. The van der Waals surface area contributed by atoms with Crippen LogP contribution in [-0.4, -0.2) is 55.2 Å². The highest BCUT2D eigenvalue weighted by Gasteiger charge is 2.27. The molecule has 2 amide bonds. The van der Waals surface area contributed by atoms with Crippen molar-refractivity contribution in [3.8, 4) is 0 Å². The fourth-order valence-electron chi connectivity index (χ4n) is 2.52. The Kier molecular flexibility index (Phi) is 7.65. The molecule has 128 valence electrons. The van der Waals surface area contributed by atoms with Gasteiger partial charge in [-0.3, -0.25) is 4.79 Å². The molecule has 1 rings (SSSR count). The number of likely N-dealkylation sites (tertiary alicyclic amines) is 1. The summed E-state index contributed by atoms with van der Waals surface area (Å²) in [7, 11) is 0. The van der Waals surface area contributed by atoms with Gasteiger partial charge in [0.2, 0.25) is 5.91 Å². The number of piperidine rings is 1. The monoisotopic (exact) mass is 313 g/mol. The highest BCUT2D eigenvalue weighted by molar-refractivity contribution is 5.75. The van der Waals surface area contributed by atoms with E-state index < -0.39 is 5.60 Å². The van der Waals surface area contributed by atoms with Crippen LogP contribution in [0.2, 0.25) is 0 Å². The summed E-state index contributed by atoms with van der Waals surface area (Å²) in [5.41, 5.74) is -0.449. The lowest BCUT2D eigenvalue weighted by Crippen LogP contribution is -2.45. The molecule has 0 saturated carbocycles. The molecule has 0 aromatic carbocycles. The van der Waals surface area contributed by atoms with Crippen molar-refractivity contribution in [1.82, 2.24) is 15.5 Å². The van der Waals surface area contributed by atoms with E-state index in [1.165, 1.54) is 0 Å². The zero-order valence-electron chi connectivity index (χ0n) is 14.4. The SMILES string of the molecule is CCNC(=O)CCNCC1CCCN(C(=O)OC(C)(C)C)C1. The minimum absolute atomic E-state index is 0.0778. The van der Waals surface area contributed by atoms with Gasteiger partial charge in [0.25, 0.3) is 0 Å². The lowest BCUT2D eigenvalue weighted by atomic mass is 9.98. The number of amides is 2. The quantitative estimate of drug-likeness (QED) is 0.733. The van der Waals surface area contributed by atoms with Gasteiger partial charge in [-0.15, -0.1) is 0 Å². The maximum atomic E-state index is 12.1. The van der Waals surface area contributed by atoms with Crippen LogP contribution < -0.4 is 10.6 Å². The number of hydrogen-bond donors (Lipinski definition) is 2. The van der Waals surface area contributed by atoms with E-state index in [0.29, 0.717) is 25.4 Å². The first-order chi connectivity index (χ1) is 10.3. The number of carbonyl (C=O) groups is 2. The van der Waals surface area contributed by atoms with Gasteiger partial charge in [0.15, 0.2) is 0 Å². The third kappa shape index (κ3) is 7.64. The molecule has 0 bridgehead atoms. The standard InChI is InChI=1S/C16H31N3O3/c1-5-18-14(20)8-9-17-11-13-7-6-10-19(12-13)15(21)22-16(2,3)4/h13,17H,5-12H2,1-4H3,(H,18,20). The first-order valence-electron chi connectivity index (χ1n) is 8.27. The van der Waals surface area contributed by atoms with Gasteiger partial charge < -0.3 is 20.3 Å². The first kappa shape index (κ1) is 18.7. The molecule has 1 aliphatic rings. The Bertz CT molecular complexity index is 366. The summed E-state index contributed by atoms with van der Waals surface area (Å²) in [5, 5.41) is 6.09. The van der Waals surface area contributed by atoms with E-state index in [1.807, 2.05) is 27.7 Å². The third-order valence-electron chi connectivity index (χ3n) is 3.51.